The van der Waals surface area contributed by atoms with E-state index in [0.717, 1.165) is 22.6 Å². The summed E-state index contributed by atoms with van der Waals surface area (Å²) in [5, 5.41) is 0. The molecule has 18 heavy (non-hydrogen) atoms. The van der Waals surface area contributed by atoms with Gasteiger partial charge in [-0.3, -0.25) is 0 Å². The molecule has 0 unspecified atom stereocenters. The molecule has 102 valence electrons. The van der Waals surface area contributed by atoms with Gasteiger partial charge in [0.2, 0.25) is 10.0 Å². The Hall–Kier alpha value is -0.470. The molecule has 0 bridgehead atoms. The van der Waals surface area contributed by atoms with Crippen molar-refractivity contribution in [1.29, 1.82) is 0 Å². The Balaban J connectivity index is 2.09. The van der Waals surface area contributed by atoms with Crippen molar-refractivity contribution in [2.45, 2.75) is 43.4 Å². The predicted molar refractivity (Wildman–Crippen MR) is 71.1 cm³/mol. The van der Waals surface area contributed by atoms with Crippen molar-refractivity contribution >= 4 is 21.4 Å². The van der Waals surface area contributed by atoms with E-state index in [1.807, 2.05) is 0 Å². The van der Waals surface area contributed by atoms with Crippen LogP contribution in [0.5, 0.6) is 0 Å². The summed E-state index contributed by atoms with van der Waals surface area (Å²) in [7, 11) is -1.78. The highest BCUT2D eigenvalue weighted by atomic mass is 32.2. The van der Waals surface area contributed by atoms with Gasteiger partial charge in [-0.2, -0.15) is 0 Å². The highest BCUT2D eigenvalue weighted by molar-refractivity contribution is 7.89. The van der Waals surface area contributed by atoms with Gasteiger partial charge in [-0.25, -0.2) is 13.1 Å². The molecule has 1 heterocycles. The van der Waals surface area contributed by atoms with Gasteiger partial charge in [0.05, 0.1) is 11.0 Å². The van der Waals surface area contributed by atoms with Gasteiger partial charge in [0.15, 0.2) is 0 Å². The number of sulfonamides is 1. The van der Waals surface area contributed by atoms with Crippen LogP contribution in [0.2, 0.25) is 0 Å². The van der Waals surface area contributed by atoms with Crippen LogP contribution < -0.4 is 10.5 Å². The minimum absolute atomic E-state index is 0.0134. The van der Waals surface area contributed by atoms with Crippen LogP contribution >= 0.6 is 11.3 Å². The zero-order valence-electron chi connectivity index (χ0n) is 10.5. The maximum Gasteiger partial charge on any atom is 0.241 e. The van der Waals surface area contributed by atoms with Gasteiger partial charge in [-0.05, 0) is 25.8 Å². The van der Waals surface area contributed by atoms with E-state index < -0.39 is 10.0 Å². The second-order valence-electron chi connectivity index (χ2n) is 4.48. The molecule has 0 spiro atoms. The summed E-state index contributed by atoms with van der Waals surface area (Å²) in [6.45, 7) is 2.17. The van der Waals surface area contributed by atoms with Crippen molar-refractivity contribution < 1.29 is 13.2 Å². The van der Waals surface area contributed by atoms with Gasteiger partial charge in [0.25, 0.3) is 0 Å². The molecule has 0 aromatic carbocycles. The molecule has 0 aliphatic heterocycles. The zero-order valence-corrected chi connectivity index (χ0v) is 12.1. The summed E-state index contributed by atoms with van der Waals surface area (Å²) in [5.74, 6) is 0. The number of rotatable bonds is 5. The van der Waals surface area contributed by atoms with E-state index in [9.17, 15) is 8.42 Å². The van der Waals surface area contributed by atoms with E-state index in [2.05, 4.69) is 4.72 Å². The lowest BCUT2D eigenvalue weighted by molar-refractivity contribution is 0.0236. The number of aryl methyl sites for hydroxylation is 1. The largest absolute Gasteiger partial charge is 0.381 e. The predicted octanol–water partition coefficient (Wildman–Crippen LogP) is 0.971. The van der Waals surface area contributed by atoms with Gasteiger partial charge in [-0.1, -0.05) is 0 Å². The van der Waals surface area contributed by atoms with Crippen LogP contribution in [0.15, 0.2) is 11.0 Å². The molecule has 1 aromatic heterocycles. The molecular weight excluding hydrogens is 272 g/mol. The van der Waals surface area contributed by atoms with Crippen LogP contribution in [0.4, 0.5) is 0 Å². The van der Waals surface area contributed by atoms with Crippen LogP contribution in [-0.4, -0.2) is 27.7 Å². The Kier molecular flexibility index (Phi) is 4.08. The third kappa shape index (κ3) is 2.75. The van der Waals surface area contributed by atoms with E-state index in [-0.39, 0.29) is 12.1 Å². The van der Waals surface area contributed by atoms with Gasteiger partial charge in [-0.15, -0.1) is 11.3 Å². The van der Waals surface area contributed by atoms with E-state index >= 15 is 0 Å². The standard InChI is InChI=1S/C11H18N2O3S2/c1-7-11(5-10(6-12)17-7)18(14,15)13-8-3-9(4-8)16-2/h5,8-9,13H,3-4,6,12H2,1-2H3. The van der Waals surface area contributed by atoms with Crippen LogP contribution in [0, 0.1) is 6.92 Å². The average molecular weight is 290 g/mol. The molecule has 1 aliphatic carbocycles. The van der Waals surface area contributed by atoms with Gasteiger partial charge < -0.3 is 10.5 Å². The fourth-order valence-electron chi connectivity index (χ4n) is 2.03. The third-order valence-electron chi connectivity index (χ3n) is 3.16. The molecule has 0 saturated heterocycles. The fourth-order valence-corrected chi connectivity index (χ4v) is 4.80. The van der Waals surface area contributed by atoms with E-state index in [4.69, 9.17) is 10.5 Å². The third-order valence-corrected chi connectivity index (χ3v) is 6.01. The van der Waals surface area contributed by atoms with Crippen LogP contribution in [0.3, 0.4) is 0 Å². The lowest BCUT2D eigenvalue weighted by Crippen LogP contribution is -2.47. The molecule has 0 radical (unpaired) electrons. The molecule has 1 fully saturated rings. The first-order valence-corrected chi connectivity index (χ1v) is 8.10. The SMILES string of the molecule is COC1CC(NS(=O)(=O)c2cc(CN)sc2C)C1. The van der Waals surface area contributed by atoms with Crippen molar-refractivity contribution in [3.8, 4) is 0 Å². The Labute approximate surface area is 111 Å². The maximum atomic E-state index is 12.2. The highest BCUT2D eigenvalue weighted by Gasteiger charge is 2.33. The molecule has 3 N–H and O–H groups in total. The smallest absolute Gasteiger partial charge is 0.241 e. The Morgan fingerprint density at radius 1 is 1.56 bits per heavy atom. The Morgan fingerprint density at radius 3 is 2.72 bits per heavy atom. The number of nitrogens with one attached hydrogen (secondary N) is 1. The molecule has 1 saturated carbocycles. The van der Waals surface area contributed by atoms with Crippen molar-refractivity contribution in [3.63, 3.8) is 0 Å². The second-order valence-corrected chi connectivity index (χ2v) is 7.51. The van der Waals surface area contributed by atoms with Crippen molar-refractivity contribution in [2.24, 2.45) is 5.73 Å². The van der Waals surface area contributed by atoms with Crippen LogP contribution in [-0.2, 0) is 21.3 Å². The number of hydrogen-bond donors (Lipinski definition) is 2. The summed E-state index contributed by atoms with van der Waals surface area (Å²) < 4.78 is 32.2. The average Bonchev–Trinajstić information content (AvgIpc) is 2.65. The van der Waals surface area contributed by atoms with Crippen molar-refractivity contribution in [3.05, 3.63) is 15.8 Å². The minimum atomic E-state index is -3.42. The van der Waals surface area contributed by atoms with E-state index in [0.29, 0.717) is 11.4 Å². The molecule has 1 aromatic rings. The van der Waals surface area contributed by atoms with Crippen molar-refractivity contribution in [1.82, 2.24) is 4.72 Å². The molecule has 0 amide bonds. The first-order valence-electron chi connectivity index (χ1n) is 5.80. The Bertz CT molecular complexity index is 518. The number of hydrogen-bond acceptors (Lipinski definition) is 5. The first-order chi connectivity index (χ1) is 8.46. The highest BCUT2D eigenvalue weighted by Crippen LogP contribution is 2.28. The fraction of sp³-hybridized carbons (Fsp3) is 0.636. The molecule has 7 heteroatoms. The monoisotopic (exact) mass is 290 g/mol. The number of methoxy groups -OCH3 is 1. The zero-order chi connectivity index (χ0) is 13.3. The summed E-state index contributed by atoms with van der Waals surface area (Å²) in [4.78, 5) is 2.02. The molecule has 0 atom stereocenters. The lowest BCUT2D eigenvalue weighted by Gasteiger charge is -2.34. The number of nitrogens with two attached hydrogens (primary N) is 1. The van der Waals surface area contributed by atoms with Crippen LogP contribution in [0.1, 0.15) is 22.6 Å². The molecule has 2 rings (SSSR count). The van der Waals surface area contributed by atoms with Gasteiger partial charge in [0.1, 0.15) is 0 Å². The summed E-state index contributed by atoms with van der Waals surface area (Å²) in [6, 6.07) is 1.65. The van der Waals surface area contributed by atoms with Crippen LogP contribution in [0.25, 0.3) is 0 Å². The summed E-state index contributed by atoms with van der Waals surface area (Å²) >= 11 is 1.43. The normalized spacial score (nSPS) is 23.9. The second kappa shape index (κ2) is 5.26. The summed E-state index contributed by atoms with van der Waals surface area (Å²) in [5.41, 5.74) is 5.53. The van der Waals surface area contributed by atoms with E-state index in [1.54, 1.807) is 20.1 Å². The quantitative estimate of drug-likeness (QED) is 0.846. The number of ether oxygens (including phenoxy) is 1. The lowest BCUT2D eigenvalue weighted by atomic mass is 9.90. The first kappa shape index (κ1) is 14.0. The molecular formula is C11H18N2O3S2. The van der Waals surface area contributed by atoms with Gasteiger partial charge in [0, 0.05) is 29.5 Å². The minimum Gasteiger partial charge on any atom is -0.381 e. The van der Waals surface area contributed by atoms with Gasteiger partial charge >= 0.3 is 0 Å². The molecule has 5 nitrogen and oxygen atoms in total. The Morgan fingerprint density at radius 2 is 2.22 bits per heavy atom. The number of thiophene rings is 1. The van der Waals surface area contributed by atoms with Crippen molar-refractivity contribution in [2.75, 3.05) is 7.11 Å². The topological polar surface area (TPSA) is 81.4 Å². The maximum absolute atomic E-state index is 12.2. The van der Waals surface area contributed by atoms with E-state index in [1.165, 1.54) is 11.3 Å². The summed E-state index contributed by atoms with van der Waals surface area (Å²) in [6.07, 6.45) is 1.66. The molecule has 1 aliphatic rings.